The van der Waals surface area contributed by atoms with E-state index < -0.39 is 0 Å². The molecule has 1 aromatic rings. The van der Waals surface area contributed by atoms with Gasteiger partial charge in [-0.3, -0.25) is 4.79 Å². The van der Waals surface area contributed by atoms with E-state index in [1.807, 2.05) is 24.3 Å². The van der Waals surface area contributed by atoms with E-state index in [0.29, 0.717) is 23.9 Å². The Hall–Kier alpha value is -0.900. The predicted octanol–water partition coefficient (Wildman–Crippen LogP) is 2.09. The van der Waals surface area contributed by atoms with E-state index in [0.717, 1.165) is 25.2 Å². The largest absolute Gasteiger partial charge is 0.304 e. The highest BCUT2D eigenvalue weighted by Gasteiger charge is 2.24. The normalized spacial score (nSPS) is 21.5. The zero-order chi connectivity index (χ0) is 13.8. The first kappa shape index (κ1) is 14.5. The van der Waals surface area contributed by atoms with Gasteiger partial charge < -0.3 is 9.80 Å². The molecule has 1 aromatic carbocycles. The second-order valence-corrected chi connectivity index (χ2v) is 5.81. The molecule has 1 saturated heterocycles. The number of piperazine rings is 1. The van der Waals surface area contributed by atoms with Crippen LogP contribution in [0, 0.1) is 0 Å². The molecule has 0 amide bonds. The molecule has 3 nitrogen and oxygen atoms in total. The number of carbonyl (C=O) groups is 1. The lowest BCUT2D eigenvalue weighted by molar-refractivity contribution is -0.120. The first-order chi connectivity index (χ1) is 9.06. The summed E-state index contributed by atoms with van der Waals surface area (Å²) in [6, 6.07) is 7.91. The molecule has 1 heterocycles. The Labute approximate surface area is 120 Å². The first-order valence-corrected chi connectivity index (χ1v) is 7.08. The number of nitrogens with zero attached hydrogens (tertiary/aromatic N) is 2. The molecule has 0 N–H and O–H groups in total. The van der Waals surface area contributed by atoms with Gasteiger partial charge in [0.25, 0.3) is 0 Å². The summed E-state index contributed by atoms with van der Waals surface area (Å²) >= 11 is 6.09. The number of hydrogen-bond acceptors (Lipinski definition) is 3. The Kier molecular flexibility index (Phi) is 4.97. The number of likely N-dealkylation sites (N-methyl/N-ethyl adjacent to an activating group) is 2. The first-order valence-electron chi connectivity index (χ1n) is 6.70. The zero-order valence-corrected chi connectivity index (χ0v) is 12.4. The molecule has 1 aliphatic rings. The summed E-state index contributed by atoms with van der Waals surface area (Å²) in [6.45, 7) is 3.07. The third-order valence-corrected chi connectivity index (χ3v) is 4.16. The average molecular weight is 281 g/mol. The van der Waals surface area contributed by atoms with Crippen LogP contribution in [-0.4, -0.2) is 55.4 Å². The van der Waals surface area contributed by atoms with Gasteiger partial charge in [0.1, 0.15) is 5.78 Å². The lowest BCUT2D eigenvalue weighted by Gasteiger charge is -2.37. The minimum atomic E-state index is 0.264. The van der Waals surface area contributed by atoms with E-state index in [1.54, 1.807) is 0 Å². The number of carbonyl (C=O) groups excluding carboxylic acids is 1. The molecule has 0 aromatic heterocycles. The van der Waals surface area contributed by atoms with Crippen molar-refractivity contribution >= 4 is 17.4 Å². The van der Waals surface area contributed by atoms with E-state index in [2.05, 4.69) is 23.9 Å². The zero-order valence-electron chi connectivity index (χ0n) is 11.6. The number of rotatable bonds is 4. The molecule has 0 aliphatic carbocycles. The van der Waals surface area contributed by atoms with E-state index in [9.17, 15) is 4.79 Å². The van der Waals surface area contributed by atoms with Crippen LogP contribution in [0.5, 0.6) is 0 Å². The summed E-state index contributed by atoms with van der Waals surface area (Å²) in [5.74, 6) is 0.264. The molecule has 0 radical (unpaired) electrons. The van der Waals surface area contributed by atoms with E-state index in [4.69, 9.17) is 11.6 Å². The summed E-state index contributed by atoms with van der Waals surface area (Å²) < 4.78 is 0. The fourth-order valence-corrected chi connectivity index (χ4v) is 2.71. The number of ketones is 1. The number of benzene rings is 1. The van der Waals surface area contributed by atoms with Crippen molar-refractivity contribution in [1.29, 1.82) is 0 Å². The third kappa shape index (κ3) is 4.03. The van der Waals surface area contributed by atoms with Gasteiger partial charge in [0.05, 0.1) is 0 Å². The smallest absolute Gasteiger partial charge is 0.138 e. The van der Waals surface area contributed by atoms with Crippen molar-refractivity contribution in [3.8, 4) is 0 Å². The standard InChI is InChI=1S/C15H21ClN2O/c1-17-7-8-18(2)13(11-17)10-14(19)9-12-5-3-4-6-15(12)16/h3-6,13H,7-11H2,1-2H3. The molecule has 104 valence electrons. The quantitative estimate of drug-likeness (QED) is 0.844. The number of hydrogen-bond donors (Lipinski definition) is 0. The van der Waals surface area contributed by atoms with Crippen LogP contribution >= 0.6 is 11.6 Å². The molecule has 1 aliphatic heterocycles. The van der Waals surface area contributed by atoms with Gasteiger partial charge in [-0.15, -0.1) is 0 Å². The van der Waals surface area contributed by atoms with Gasteiger partial charge in [-0.25, -0.2) is 0 Å². The van der Waals surface area contributed by atoms with Crippen LogP contribution in [0.1, 0.15) is 12.0 Å². The van der Waals surface area contributed by atoms with Gasteiger partial charge in [-0.1, -0.05) is 29.8 Å². The maximum atomic E-state index is 12.2. The molecular weight excluding hydrogens is 260 g/mol. The molecule has 1 fully saturated rings. The van der Waals surface area contributed by atoms with Gasteiger partial charge >= 0.3 is 0 Å². The van der Waals surface area contributed by atoms with E-state index in [-0.39, 0.29) is 5.78 Å². The number of halogens is 1. The number of Topliss-reactive ketones (excluding diaryl/α,β-unsaturated/α-hetero) is 1. The second kappa shape index (κ2) is 6.51. The van der Waals surface area contributed by atoms with Crippen LogP contribution < -0.4 is 0 Å². The Balaban J connectivity index is 1.92. The van der Waals surface area contributed by atoms with Crippen molar-refractivity contribution in [2.45, 2.75) is 18.9 Å². The van der Waals surface area contributed by atoms with Crippen molar-refractivity contribution in [2.24, 2.45) is 0 Å². The van der Waals surface area contributed by atoms with E-state index >= 15 is 0 Å². The molecule has 0 saturated carbocycles. The van der Waals surface area contributed by atoms with Crippen molar-refractivity contribution in [2.75, 3.05) is 33.7 Å². The van der Waals surface area contributed by atoms with Gasteiger partial charge in [0, 0.05) is 43.5 Å². The fraction of sp³-hybridized carbons (Fsp3) is 0.533. The van der Waals surface area contributed by atoms with Crippen molar-refractivity contribution < 1.29 is 4.79 Å². The Morgan fingerprint density at radius 2 is 2.05 bits per heavy atom. The highest BCUT2D eigenvalue weighted by atomic mass is 35.5. The Morgan fingerprint density at radius 3 is 2.79 bits per heavy atom. The van der Waals surface area contributed by atoms with Crippen LogP contribution in [0.15, 0.2) is 24.3 Å². The Bertz CT molecular complexity index is 450. The molecule has 0 bridgehead atoms. The van der Waals surface area contributed by atoms with Gasteiger partial charge in [-0.05, 0) is 25.7 Å². The van der Waals surface area contributed by atoms with Crippen molar-refractivity contribution in [3.05, 3.63) is 34.9 Å². The molecule has 1 atom stereocenters. The molecule has 2 rings (SSSR count). The van der Waals surface area contributed by atoms with Gasteiger partial charge in [0.15, 0.2) is 0 Å². The lowest BCUT2D eigenvalue weighted by atomic mass is 10.0. The van der Waals surface area contributed by atoms with Crippen molar-refractivity contribution in [3.63, 3.8) is 0 Å². The lowest BCUT2D eigenvalue weighted by Crippen LogP contribution is -2.50. The van der Waals surface area contributed by atoms with Crippen LogP contribution in [0.3, 0.4) is 0 Å². The summed E-state index contributed by atoms with van der Waals surface area (Å²) in [5.41, 5.74) is 0.931. The fourth-order valence-electron chi connectivity index (χ4n) is 2.51. The Morgan fingerprint density at radius 1 is 1.32 bits per heavy atom. The van der Waals surface area contributed by atoms with Crippen molar-refractivity contribution in [1.82, 2.24) is 9.80 Å². The topological polar surface area (TPSA) is 23.6 Å². The maximum Gasteiger partial charge on any atom is 0.138 e. The predicted molar refractivity (Wildman–Crippen MR) is 78.7 cm³/mol. The summed E-state index contributed by atoms with van der Waals surface area (Å²) in [6.07, 6.45) is 1.04. The van der Waals surface area contributed by atoms with Crippen LogP contribution in [0.4, 0.5) is 0 Å². The summed E-state index contributed by atoms with van der Waals surface area (Å²) in [4.78, 5) is 16.7. The molecular formula is C15H21ClN2O. The second-order valence-electron chi connectivity index (χ2n) is 5.41. The molecule has 1 unspecified atom stereocenters. The third-order valence-electron chi connectivity index (χ3n) is 3.79. The molecule has 0 spiro atoms. The van der Waals surface area contributed by atoms with E-state index in [1.165, 1.54) is 0 Å². The van der Waals surface area contributed by atoms with Crippen LogP contribution in [0.2, 0.25) is 5.02 Å². The highest BCUT2D eigenvalue weighted by Crippen LogP contribution is 2.17. The van der Waals surface area contributed by atoms with Gasteiger partial charge in [-0.2, -0.15) is 0 Å². The minimum Gasteiger partial charge on any atom is -0.304 e. The van der Waals surface area contributed by atoms with Gasteiger partial charge in [0.2, 0.25) is 0 Å². The molecule has 4 heteroatoms. The highest BCUT2D eigenvalue weighted by molar-refractivity contribution is 6.31. The maximum absolute atomic E-state index is 12.2. The average Bonchev–Trinajstić information content (AvgIpc) is 2.37. The minimum absolute atomic E-state index is 0.264. The SMILES string of the molecule is CN1CCN(C)C(CC(=O)Cc2ccccc2Cl)C1. The van der Waals surface area contributed by atoms with Crippen LogP contribution in [0.25, 0.3) is 0 Å². The molecule has 19 heavy (non-hydrogen) atoms. The monoisotopic (exact) mass is 280 g/mol. The summed E-state index contributed by atoms with van der Waals surface area (Å²) in [5, 5.41) is 0.685. The summed E-state index contributed by atoms with van der Waals surface area (Å²) in [7, 11) is 4.21. The van der Waals surface area contributed by atoms with Crippen LogP contribution in [-0.2, 0) is 11.2 Å².